The number of halogens is 1. The smallest absolute Gasteiger partial charge is 0.272 e. The summed E-state index contributed by atoms with van der Waals surface area (Å²) in [5.41, 5.74) is 5.99. The van der Waals surface area contributed by atoms with E-state index >= 15 is 0 Å². The van der Waals surface area contributed by atoms with Crippen molar-refractivity contribution in [1.82, 2.24) is 35.2 Å². The van der Waals surface area contributed by atoms with Gasteiger partial charge in [-0.3, -0.25) is 24.1 Å². The number of carbonyl (C=O) groups is 2. The predicted molar refractivity (Wildman–Crippen MR) is 204 cm³/mol. The molecule has 4 aromatic rings. The second kappa shape index (κ2) is 17.2. The van der Waals surface area contributed by atoms with Crippen LogP contribution in [0.4, 0.5) is 4.39 Å². The zero-order valence-electron chi connectivity index (χ0n) is 30.5. The molecule has 0 spiro atoms. The number of nitrogens with zero attached hydrogens (tertiary/aromatic N) is 5. The average molecular weight is 742 g/mol. The van der Waals surface area contributed by atoms with E-state index < -0.39 is 11.7 Å². The van der Waals surface area contributed by atoms with Crippen molar-refractivity contribution in [2.24, 2.45) is 7.05 Å². The van der Waals surface area contributed by atoms with Crippen LogP contribution in [0.2, 0.25) is 0 Å². The Morgan fingerprint density at radius 3 is 2.34 bits per heavy atom. The summed E-state index contributed by atoms with van der Waals surface area (Å²) in [5.74, 6) is 1.62. The molecule has 2 N–H and O–H groups in total. The Morgan fingerprint density at radius 2 is 1.62 bits per heavy atom. The molecule has 2 aromatic heterocycles. The molecule has 0 bridgehead atoms. The van der Waals surface area contributed by atoms with Gasteiger partial charge in [-0.15, -0.1) is 0 Å². The zero-order valence-corrected chi connectivity index (χ0v) is 31.3. The molecule has 11 nitrogen and oxygen atoms in total. The molecule has 3 aliphatic rings. The summed E-state index contributed by atoms with van der Waals surface area (Å²) < 4.78 is 28.0. The average Bonchev–Trinajstić information content (AvgIpc) is 3.51. The molecule has 2 aliphatic heterocycles. The van der Waals surface area contributed by atoms with E-state index in [0.29, 0.717) is 37.1 Å². The minimum absolute atomic E-state index is 0.0144. The maximum absolute atomic E-state index is 14.5. The molecule has 1 saturated carbocycles. The number of amides is 2. The van der Waals surface area contributed by atoms with Gasteiger partial charge in [0.05, 0.1) is 19.4 Å². The van der Waals surface area contributed by atoms with Gasteiger partial charge in [0.25, 0.3) is 11.8 Å². The minimum Gasteiger partial charge on any atom is -0.438 e. The molecule has 280 valence electrons. The molecule has 0 atom stereocenters. The van der Waals surface area contributed by atoms with E-state index in [1.54, 1.807) is 17.8 Å². The quantitative estimate of drug-likeness (QED) is 0.204. The van der Waals surface area contributed by atoms with E-state index in [2.05, 4.69) is 54.8 Å². The Morgan fingerprint density at radius 1 is 0.906 bits per heavy atom. The first-order valence-corrected chi connectivity index (χ1v) is 19.7. The van der Waals surface area contributed by atoms with Crippen molar-refractivity contribution in [1.29, 1.82) is 0 Å². The van der Waals surface area contributed by atoms with Gasteiger partial charge in [0, 0.05) is 75.6 Å². The Kier molecular flexibility index (Phi) is 12.0. The number of thioether (sulfide) groups is 1. The van der Waals surface area contributed by atoms with Crippen LogP contribution < -0.4 is 15.4 Å². The fourth-order valence-corrected chi connectivity index (χ4v) is 8.24. The molecule has 2 amide bonds. The molecule has 53 heavy (non-hydrogen) atoms. The van der Waals surface area contributed by atoms with Crippen molar-refractivity contribution in [2.75, 3.05) is 50.9 Å². The van der Waals surface area contributed by atoms with Gasteiger partial charge in [0.15, 0.2) is 0 Å². The maximum Gasteiger partial charge on any atom is 0.272 e. The lowest BCUT2D eigenvalue weighted by molar-refractivity contribution is 0.0342. The molecule has 3 fully saturated rings. The summed E-state index contributed by atoms with van der Waals surface area (Å²) in [6, 6.07) is 17.3. The first-order chi connectivity index (χ1) is 25.8. The number of aromatic nitrogens is 3. The normalized spacial score (nSPS) is 19.8. The third-order valence-corrected chi connectivity index (χ3v) is 11.3. The number of aryl methyl sites for hydroxylation is 2. The predicted octanol–water partition coefficient (Wildman–Crippen LogP) is 5.57. The number of carbonyl (C=O) groups excluding carboxylic acids is 2. The van der Waals surface area contributed by atoms with Crippen LogP contribution >= 0.6 is 11.8 Å². The number of hydrogen-bond acceptors (Lipinski definition) is 9. The maximum atomic E-state index is 14.5. The van der Waals surface area contributed by atoms with Crippen LogP contribution in [0.1, 0.15) is 63.4 Å². The Bertz CT molecular complexity index is 1880. The van der Waals surface area contributed by atoms with Gasteiger partial charge in [-0.2, -0.15) is 16.9 Å². The second-order valence-corrected chi connectivity index (χ2v) is 15.4. The SMILES string of the molecule is Cc1cc(C(=O)N[C@H]2CC[C@@H](NC(=O)c3cc(F)cnc3Oc3cccc(-c4ccc(CN5CCSCC5)cc4CN4CCOCC4)c3)CC2)nn1C. The highest BCUT2D eigenvalue weighted by molar-refractivity contribution is 7.99. The van der Waals surface area contributed by atoms with Crippen molar-refractivity contribution >= 4 is 23.6 Å². The standard InChI is InChI=1S/C40H48FN7O4S/c1-27-20-37(45-46(27)2)39(50)44-33-9-7-32(8-10-33)43-38(49)36-23-31(41)24-42-40(36)52-34-5-3-4-29(22-34)35-11-6-28(25-48-14-18-53-19-15-48)21-30(35)26-47-12-16-51-17-13-47/h3-6,11,20-24,32-33H,7-10,12-19,25-26H2,1-2H3,(H,43,49)(H,44,50)/t32-,33+. The molecule has 13 heteroatoms. The van der Waals surface area contributed by atoms with E-state index in [1.165, 1.54) is 28.7 Å². The summed E-state index contributed by atoms with van der Waals surface area (Å²) in [6.07, 6.45) is 3.80. The van der Waals surface area contributed by atoms with Crippen molar-refractivity contribution in [2.45, 2.75) is 57.8 Å². The molecule has 7 rings (SSSR count). The number of morpholine rings is 1. The van der Waals surface area contributed by atoms with Gasteiger partial charge >= 0.3 is 0 Å². The van der Waals surface area contributed by atoms with Crippen LogP contribution in [0.15, 0.2) is 60.8 Å². The summed E-state index contributed by atoms with van der Waals surface area (Å²) in [7, 11) is 1.81. The Labute approximate surface area is 314 Å². The summed E-state index contributed by atoms with van der Waals surface area (Å²) in [6.45, 7) is 9.11. The number of nitrogens with one attached hydrogen (secondary N) is 2. The lowest BCUT2D eigenvalue weighted by Crippen LogP contribution is -2.44. The van der Waals surface area contributed by atoms with Crippen LogP contribution in [0.5, 0.6) is 11.6 Å². The van der Waals surface area contributed by atoms with Crippen molar-refractivity contribution in [3.63, 3.8) is 0 Å². The lowest BCUT2D eigenvalue weighted by atomic mass is 9.91. The van der Waals surface area contributed by atoms with Crippen molar-refractivity contribution < 1.29 is 23.5 Å². The van der Waals surface area contributed by atoms with Crippen LogP contribution in [0, 0.1) is 12.7 Å². The molecular weight excluding hydrogens is 694 g/mol. The highest BCUT2D eigenvalue weighted by atomic mass is 32.2. The second-order valence-electron chi connectivity index (χ2n) is 14.2. The summed E-state index contributed by atoms with van der Waals surface area (Å²) in [4.78, 5) is 35.4. The minimum atomic E-state index is -0.622. The first kappa shape index (κ1) is 37.0. The van der Waals surface area contributed by atoms with Gasteiger partial charge in [-0.1, -0.05) is 30.3 Å². The fraction of sp³-hybridized carbons (Fsp3) is 0.450. The van der Waals surface area contributed by atoms with Gasteiger partial charge in [0.1, 0.15) is 22.8 Å². The van der Waals surface area contributed by atoms with E-state index in [1.807, 2.05) is 36.9 Å². The first-order valence-electron chi connectivity index (χ1n) is 18.6. The van der Waals surface area contributed by atoms with Gasteiger partial charge < -0.3 is 20.1 Å². The van der Waals surface area contributed by atoms with E-state index in [0.717, 1.165) is 75.5 Å². The van der Waals surface area contributed by atoms with Crippen LogP contribution in [0.25, 0.3) is 11.1 Å². The lowest BCUT2D eigenvalue weighted by Gasteiger charge is -2.29. The van der Waals surface area contributed by atoms with Gasteiger partial charge in [-0.25, -0.2) is 9.37 Å². The summed E-state index contributed by atoms with van der Waals surface area (Å²) >= 11 is 2.02. The van der Waals surface area contributed by atoms with Crippen LogP contribution in [0.3, 0.4) is 0 Å². The molecule has 2 aromatic carbocycles. The van der Waals surface area contributed by atoms with Crippen LogP contribution in [-0.2, 0) is 24.9 Å². The number of hydrogen-bond donors (Lipinski definition) is 2. The topological polar surface area (TPSA) is 114 Å². The molecule has 4 heterocycles. The third-order valence-electron chi connectivity index (χ3n) is 10.3. The number of benzene rings is 2. The van der Waals surface area contributed by atoms with E-state index in [-0.39, 0.29) is 29.4 Å². The molecular formula is C40H48FN7O4S. The number of pyridine rings is 1. The highest BCUT2D eigenvalue weighted by Crippen LogP contribution is 2.32. The fourth-order valence-electron chi connectivity index (χ4n) is 7.26. The van der Waals surface area contributed by atoms with E-state index in [9.17, 15) is 14.0 Å². The molecule has 0 unspecified atom stereocenters. The third kappa shape index (κ3) is 9.63. The zero-order chi connectivity index (χ0) is 36.7. The monoisotopic (exact) mass is 741 g/mol. The Balaban J connectivity index is 1.03. The van der Waals surface area contributed by atoms with Gasteiger partial charge in [-0.05, 0) is 79.1 Å². The molecule has 0 radical (unpaired) electrons. The van der Waals surface area contributed by atoms with Gasteiger partial charge in [0.2, 0.25) is 5.88 Å². The van der Waals surface area contributed by atoms with E-state index in [4.69, 9.17) is 9.47 Å². The summed E-state index contributed by atoms with van der Waals surface area (Å²) in [5, 5.41) is 10.4. The molecule has 2 saturated heterocycles. The number of ether oxygens (including phenoxy) is 2. The van der Waals surface area contributed by atoms with Crippen LogP contribution in [-0.4, -0.2) is 99.4 Å². The highest BCUT2D eigenvalue weighted by Gasteiger charge is 2.27. The van der Waals surface area contributed by atoms with Crippen molar-refractivity contribution in [3.05, 3.63) is 94.7 Å². The molecule has 1 aliphatic carbocycles. The number of rotatable bonds is 11. The Hall–Kier alpha value is -4.30. The van der Waals surface area contributed by atoms with Crippen molar-refractivity contribution in [3.8, 4) is 22.8 Å². The largest absolute Gasteiger partial charge is 0.438 e.